The van der Waals surface area contributed by atoms with Crippen LogP contribution in [0.15, 0.2) is 30.5 Å². The molecule has 2 rings (SSSR count). The van der Waals surface area contributed by atoms with E-state index in [1.165, 1.54) is 19.2 Å². The van der Waals surface area contributed by atoms with Gasteiger partial charge in [0.2, 0.25) is 0 Å². The van der Waals surface area contributed by atoms with Crippen molar-refractivity contribution in [1.29, 1.82) is 0 Å². The van der Waals surface area contributed by atoms with Crippen molar-refractivity contribution in [1.82, 2.24) is 3.52 Å². The molecule has 0 aliphatic carbocycles. The number of fused-ring (bicyclic) bond motifs is 1. The van der Waals surface area contributed by atoms with Crippen LogP contribution in [0.4, 0.5) is 4.39 Å². The molecule has 2 nitrogen and oxygen atoms in total. The van der Waals surface area contributed by atoms with E-state index < -0.39 is 0 Å². The van der Waals surface area contributed by atoms with E-state index in [2.05, 4.69) is 5.73 Å². The van der Waals surface area contributed by atoms with Gasteiger partial charge in [0.15, 0.2) is 0 Å². The Balaban J connectivity index is 0.000000396. The number of hydrogen-bond acceptors (Lipinski definition) is 1. The molecular formula is C9H10FGeN2. The van der Waals surface area contributed by atoms with E-state index in [0.29, 0.717) is 0 Å². The normalized spacial score (nSPS) is 9.54. The predicted molar refractivity (Wildman–Crippen MR) is 53.2 cm³/mol. The monoisotopic (exact) mass is 239 g/mol. The van der Waals surface area contributed by atoms with E-state index in [-0.39, 0.29) is 5.82 Å². The molecule has 0 aliphatic rings. The van der Waals surface area contributed by atoms with Crippen molar-refractivity contribution in [3.8, 4) is 0 Å². The van der Waals surface area contributed by atoms with Crippen LogP contribution in [0.25, 0.3) is 10.9 Å². The zero-order valence-corrected chi connectivity index (χ0v) is 9.39. The Morgan fingerprint density at radius 1 is 1.31 bits per heavy atom. The second-order valence-electron chi connectivity index (χ2n) is 2.39. The average molecular weight is 238 g/mol. The van der Waals surface area contributed by atoms with Crippen LogP contribution >= 0.6 is 0 Å². The maximum atomic E-state index is 12.6. The van der Waals surface area contributed by atoms with E-state index in [4.69, 9.17) is 0 Å². The summed E-state index contributed by atoms with van der Waals surface area (Å²) in [5.41, 5.74) is 5.56. The molecule has 2 N–H and O–H groups in total. The van der Waals surface area contributed by atoms with Crippen LogP contribution in [0, 0.1) is 5.82 Å². The van der Waals surface area contributed by atoms with Gasteiger partial charge in [-0.05, 0) is 7.05 Å². The van der Waals surface area contributed by atoms with Gasteiger partial charge in [0, 0.05) is 0 Å². The van der Waals surface area contributed by atoms with Gasteiger partial charge in [0.05, 0.1) is 0 Å². The first-order valence-electron chi connectivity index (χ1n) is 3.83. The van der Waals surface area contributed by atoms with E-state index in [1.54, 1.807) is 6.07 Å². The molecule has 0 unspecified atom stereocenters. The Kier molecular flexibility index (Phi) is 3.51. The van der Waals surface area contributed by atoms with Crippen molar-refractivity contribution in [2.45, 2.75) is 0 Å². The third-order valence-corrected chi connectivity index (χ3v) is 2.47. The number of nitrogens with two attached hydrogens (primary N) is 1. The summed E-state index contributed by atoms with van der Waals surface area (Å²) in [7, 11) is 1.50. The van der Waals surface area contributed by atoms with Crippen LogP contribution in [-0.2, 0) is 0 Å². The molecule has 1 aromatic heterocycles. The van der Waals surface area contributed by atoms with E-state index in [9.17, 15) is 4.39 Å². The fourth-order valence-electron chi connectivity index (χ4n) is 1.11. The molecule has 0 spiro atoms. The molecule has 2 aromatic rings. The molecule has 0 atom stereocenters. The van der Waals surface area contributed by atoms with Gasteiger partial charge in [-0.2, -0.15) is 0 Å². The molecule has 1 heterocycles. The van der Waals surface area contributed by atoms with E-state index in [0.717, 1.165) is 10.9 Å². The zero-order valence-electron chi connectivity index (χ0n) is 7.29. The topological polar surface area (TPSA) is 30.9 Å². The van der Waals surface area contributed by atoms with Gasteiger partial charge in [-0.15, -0.1) is 0 Å². The van der Waals surface area contributed by atoms with E-state index >= 15 is 0 Å². The van der Waals surface area contributed by atoms with Crippen molar-refractivity contribution in [3.05, 3.63) is 36.3 Å². The number of hydrogen-bond donors (Lipinski definition) is 1. The molecule has 13 heavy (non-hydrogen) atoms. The molecule has 1 aromatic carbocycles. The van der Waals surface area contributed by atoms with Crippen molar-refractivity contribution in [2.24, 2.45) is 5.73 Å². The molecule has 0 saturated carbocycles. The van der Waals surface area contributed by atoms with Gasteiger partial charge in [-0.3, -0.25) is 0 Å². The molecule has 0 aliphatic heterocycles. The zero-order chi connectivity index (χ0) is 9.84. The summed E-state index contributed by atoms with van der Waals surface area (Å²) in [6, 6.07) is 6.70. The average Bonchev–Trinajstić information content (AvgIpc) is 2.51. The van der Waals surface area contributed by atoms with Crippen LogP contribution in [0.5, 0.6) is 0 Å². The molecule has 67 valence electrons. The first kappa shape index (κ1) is 10.3. The van der Waals surface area contributed by atoms with Crippen LogP contribution in [0.1, 0.15) is 0 Å². The summed E-state index contributed by atoms with van der Waals surface area (Å²) < 4.78 is 14.6. The first-order valence-corrected chi connectivity index (χ1v) is 4.77. The van der Waals surface area contributed by atoms with Gasteiger partial charge >= 0.3 is 71.8 Å². The van der Waals surface area contributed by atoms with Gasteiger partial charge < -0.3 is 5.73 Å². The quantitative estimate of drug-likeness (QED) is 0.688. The van der Waals surface area contributed by atoms with Crippen LogP contribution in [0.2, 0.25) is 0 Å². The molecule has 4 heteroatoms. The van der Waals surface area contributed by atoms with Gasteiger partial charge in [-0.1, -0.05) is 0 Å². The van der Waals surface area contributed by atoms with Crippen LogP contribution < -0.4 is 5.73 Å². The van der Waals surface area contributed by atoms with Gasteiger partial charge in [0.25, 0.3) is 0 Å². The molecular weight excluding hydrogens is 228 g/mol. The van der Waals surface area contributed by atoms with Crippen molar-refractivity contribution in [3.63, 3.8) is 0 Å². The van der Waals surface area contributed by atoms with Crippen molar-refractivity contribution >= 4 is 27.6 Å². The second kappa shape index (κ2) is 4.43. The predicted octanol–water partition coefficient (Wildman–Crippen LogP) is 1.29. The summed E-state index contributed by atoms with van der Waals surface area (Å²) in [6.07, 6.45) is 1.92. The fourth-order valence-corrected chi connectivity index (χ4v) is 1.70. The summed E-state index contributed by atoms with van der Waals surface area (Å²) in [5.74, 6) is -0.177. The van der Waals surface area contributed by atoms with Gasteiger partial charge in [0.1, 0.15) is 0 Å². The minimum absolute atomic E-state index is 0.177. The molecule has 0 saturated heterocycles. The minimum atomic E-state index is -0.177. The molecule has 0 bridgehead atoms. The Bertz CT molecular complexity index is 397. The number of halogens is 1. The van der Waals surface area contributed by atoms with Crippen LogP contribution in [-0.4, -0.2) is 27.3 Å². The Morgan fingerprint density at radius 2 is 2.00 bits per heavy atom. The number of rotatable bonds is 0. The van der Waals surface area contributed by atoms with Crippen LogP contribution in [0.3, 0.4) is 0 Å². The first-order chi connectivity index (χ1) is 6.27. The molecule has 0 amide bonds. The third-order valence-electron chi connectivity index (χ3n) is 1.65. The number of benzene rings is 1. The summed E-state index contributed by atoms with van der Waals surface area (Å²) in [6.45, 7) is 0. The SMILES string of the molecule is CN.Fc1ccc2c(cc[n]2[Ge])c1. The summed E-state index contributed by atoms with van der Waals surface area (Å²) in [5, 5.41) is 0.951. The summed E-state index contributed by atoms with van der Waals surface area (Å²) in [4.78, 5) is 0. The van der Waals surface area contributed by atoms with Crippen molar-refractivity contribution in [2.75, 3.05) is 7.05 Å². The molecule has 0 fully saturated rings. The number of aromatic nitrogens is 1. The maximum absolute atomic E-state index is 12.6. The Hall–Kier alpha value is -0.807. The van der Waals surface area contributed by atoms with E-state index in [1.807, 2.05) is 32.5 Å². The molecule has 3 radical (unpaired) electrons. The summed E-state index contributed by atoms with van der Waals surface area (Å²) >= 11 is 1.94. The Labute approximate surface area is 85.0 Å². The van der Waals surface area contributed by atoms with Crippen molar-refractivity contribution < 1.29 is 4.39 Å². The fraction of sp³-hybridized carbons (Fsp3) is 0.111. The van der Waals surface area contributed by atoms with Gasteiger partial charge in [-0.25, -0.2) is 0 Å². The third kappa shape index (κ3) is 2.11. The standard InChI is InChI=1S/C8H5FGeN.CH5N/c9-7-1-2-8-6(5-7)3-4-11(8)10;1-2/h1-5H;2H2,1H3. The Morgan fingerprint density at radius 3 is 2.69 bits per heavy atom. The second-order valence-corrected chi connectivity index (χ2v) is 3.40. The number of nitrogens with zero attached hydrogens (tertiary/aromatic N) is 1.